The molecule has 132 valence electrons. The number of ether oxygens (including phenoxy) is 2. The first-order valence-electron chi connectivity index (χ1n) is 8.08. The largest absolute Gasteiger partial charge is 0.465 e. The van der Waals surface area contributed by atoms with Crippen molar-refractivity contribution in [3.8, 4) is 5.75 Å². The van der Waals surface area contributed by atoms with Crippen molar-refractivity contribution in [3.63, 3.8) is 0 Å². The number of nitrogens with zero attached hydrogens (tertiary/aromatic N) is 2. The molecule has 0 aliphatic carbocycles. The molecule has 0 saturated heterocycles. The second-order valence-corrected chi connectivity index (χ2v) is 5.65. The molecule has 0 amide bonds. The van der Waals surface area contributed by atoms with E-state index < -0.39 is 11.9 Å². The number of imidazole rings is 1. The van der Waals surface area contributed by atoms with Crippen molar-refractivity contribution in [2.24, 2.45) is 0 Å². The number of esters is 2. The van der Waals surface area contributed by atoms with Gasteiger partial charge in [-0.2, -0.15) is 0 Å². The smallest absolute Gasteiger partial charge is 0.362 e. The summed E-state index contributed by atoms with van der Waals surface area (Å²) in [7, 11) is 1.28. The van der Waals surface area contributed by atoms with Crippen LogP contribution < -0.4 is 4.74 Å². The standard InChI is InChI=1S/C20H18N2O4/c1-14(15-8-4-3-5-9-15)22-13-21-12-17(22)20(24)26-18-11-7-6-10-16(18)19(23)25-2/h3-14H,1-2H3/t14-/m1/s1. The third-order valence-electron chi connectivity index (χ3n) is 4.07. The van der Waals surface area contributed by atoms with Gasteiger partial charge in [0.15, 0.2) is 0 Å². The Morgan fingerprint density at radius 2 is 1.69 bits per heavy atom. The molecule has 0 radical (unpaired) electrons. The van der Waals surface area contributed by atoms with Crippen molar-refractivity contribution in [2.75, 3.05) is 7.11 Å². The summed E-state index contributed by atoms with van der Waals surface area (Å²) in [6.07, 6.45) is 3.03. The normalized spacial score (nSPS) is 11.6. The van der Waals surface area contributed by atoms with Gasteiger partial charge in [-0.25, -0.2) is 14.6 Å². The Morgan fingerprint density at radius 1 is 1.00 bits per heavy atom. The third-order valence-corrected chi connectivity index (χ3v) is 4.07. The van der Waals surface area contributed by atoms with E-state index in [9.17, 15) is 9.59 Å². The topological polar surface area (TPSA) is 70.4 Å². The molecule has 3 aromatic rings. The molecule has 0 aliphatic heterocycles. The zero-order chi connectivity index (χ0) is 18.5. The summed E-state index contributed by atoms with van der Waals surface area (Å²) in [6, 6.07) is 16.1. The van der Waals surface area contributed by atoms with Gasteiger partial charge >= 0.3 is 11.9 Å². The predicted octanol–water partition coefficient (Wildman–Crippen LogP) is 3.50. The fraction of sp³-hybridized carbons (Fsp3) is 0.150. The molecular weight excluding hydrogens is 332 g/mol. The van der Waals surface area contributed by atoms with Crippen molar-refractivity contribution in [1.82, 2.24) is 9.55 Å². The highest BCUT2D eigenvalue weighted by atomic mass is 16.5. The van der Waals surface area contributed by atoms with Crippen molar-refractivity contribution < 1.29 is 19.1 Å². The summed E-state index contributed by atoms with van der Waals surface area (Å²) in [6.45, 7) is 1.97. The summed E-state index contributed by atoms with van der Waals surface area (Å²) in [5, 5.41) is 0. The maximum absolute atomic E-state index is 12.7. The summed E-state index contributed by atoms with van der Waals surface area (Å²) in [5.41, 5.74) is 1.51. The van der Waals surface area contributed by atoms with Crippen LogP contribution >= 0.6 is 0 Å². The fourth-order valence-electron chi connectivity index (χ4n) is 2.65. The lowest BCUT2D eigenvalue weighted by Gasteiger charge is -2.16. The Hall–Kier alpha value is -3.41. The van der Waals surface area contributed by atoms with Crippen LogP contribution in [-0.2, 0) is 4.74 Å². The minimum atomic E-state index is -0.596. The lowest BCUT2D eigenvalue weighted by molar-refractivity contribution is 0.0592. The summed E-state index contributed by atoms with van der Waals surface area (Å²) in [4.78, 5) is 28.6. The summed E-state index contributed by atoms with van der Waals surface area (Å²) in [5.74, 6) is -1.02. The molecule has 0 N–H and O–H groups in total. The summed E-state index contributed by atoms with van der Waals surface area (Å²) >= 11 is 0. The quantitative estimate of drug-likeness (QED) is 0.520. The van der Waals surface area contributed by atoms with Gasteiger partial charge in [0.2, 0.25) is 0 Å². The Kier molecular flexibility index (Phi) is 5.12. The summed E-state index contributed by atoms with van der Waals surface area (Å²) < 4.78 is 11.9. The van der Waals surface area contributed by atoms with Gasteiger partial charge in [-0.1, -0.05) is 42.5 Å². The van der Waals surface area contributed by atoms with Crippen molar-refractivity contribution in [1.29, 1.82) is 0 Å². The molecule has 1 aromatic heterocycles. The molecule has 0 fully saturated rings. The van der Waals surface area contributed by atoms with E-state index in [1.807, 2.05) is 37.3 Å². The van der Waals surface area contributed by atoms with Crippen LogP contribution in [0, 0.1) is 0 Å². The maximum atomic E-state index is 12.7. The number of carbonyl (C=O) groups excluding carboxylic acids is 2. The van der Waals surface area contributed by atoms with E-state index in [2.05, 4.69) is 4.98 Å². The van der Waals surface area contributed by atoms with E-state index in [0.29, 0.717) is 5.69 Å². The molecule has 26 heavy (non-hydrogen) atoms. The van der Waals surface area contributed by atoms with Gasteiger partial charge in [-0.3, -0.25) is 0 Å². The van der Waals surface area contributed by atoms with Gasteiger partial charge in [0.25, 0.3) is 0 Å². The highest BCUT2D eigenvalue weighted by molar-refractivity contribution is 5.95. The highest BCUT2D eigenvalue weighted by Crippen LogP contribution is 2.23. The van der Waals surface area contributed by atoms with Crippen LogP contribution in [-0.4, -0.2) is 28.6 Å². The Bertz CT molecular complexity index is 918. The van der Waals surface area contributed by atoms with Gasteiger partial charge < -0.3 is 14.0 Å². The zero-order valence-corrected chi connectivity index (χ0v) is 14.5. The average molecular weight is 350 g/mol. The van der Waals surface area contributed by atoms with Crippen LogP contribution in [0.25, 0.3) is 0 Å². The minimum Gasteiger partial charge on any atom is -0.465 e. The van der Waals surface area contributed by atoms with Gasteiger partial charge in [-0.05, 0) is 24.6 Å². The molecular formula is C20H18N2O4. The molecule has 2 aromatic carbocycles. The van der Waals surface area contributed by atoms with E-state index in [4.69, 9.17) is 9.47 Å². The Morgan fingerprint density at radius 3 is 2.42 bits per heavy atom. The van der Waals surface area contributed by atoms with Crippen LogP contribution in [0.4, 0.5) is 0 Å². The second kappa shape index (κ2) is 7.65. The van der Waals surface area contributed by atoms with Gasteiger partial charge in [0, 0.05) is 0 Å². The van der Waals surface area contributed by atoms with Gasteiger partial charge in [0.1, 0.15) is 17.0 Å². The van der Waals surface area contributed by atoms with Crippen molar-refractivity contribution in [3.05, 3.63) is 83.9 Å². The molecule has 0 spiro atoms. The van der Waals surface area contributed by atoms with Crippen LogP contribution in [0.2, 0.25) is 0 Å². The lowest BCUT2D eigenvalue weighted by Crippen LogP contribution is -2.18. The van der Waals surface area contributed by atoms with E-state index in [-0.39, 0.29) is 17.4 Å². The lowest BCUT2D eigenvalue weighted by atomic mass is 10.1. The zero-order valence-electron chi connectivity index (χ0n) is 14.5. The first-order valence-corrected chi connectivity index (χ1v) is 8.08. The first-order chi connectivity index (χ1) is 12.6. The number of hydrogen-bond donors (Lipinski definition) is 0. The SMILES string of the molecule is COC(=O)c1ccccc1OC(=O)c1cncn1[C@H](C)c1ccccc1. The number of hydrogen-bond acceptors (Lipinski definition) is 5. The molecule has 1 heterocycles. The average Bonchev–Trinajstić information content (AvgIpc) is 3.18. The van der Waals surface area contributed by atoms with E-state index in [1.165, 1.54) is 13.3 Å². The van der Waals surface area contributed by atoms with Crippen molar-refractivity contribution >= 4 is 11.9 Å². The highest BCUT2D eigenvalue weighted by Gasteiger charge is 2.21. The molecule has 0 saturated carbocycles. The van der Waals surface area contributed by atoms with Gasteiger partial charge in [0.05, 0.1) is 25.7 Å². The third kappa shape index (κ3) is 3.49. The van der Waals surface area contributed by atoms with E-state index in [1.54, 1.807) is 35.2 Å². The second-order valence-electron chi connectivity index (χ2n) is 5.65. The molecule has 6 heteroatoms. The molecule has 3 rings (SSSR count). The van der Waals surface area contributed by atoms with Gasteiger partial charge in [-0.15, -0.1) is 0 Å². The number of carbonyl (C=O) groups is 2. The van der Waals surface area contributed by atoms with E-state index in [0.717, 1.165) is 5.56 Å². The van der Waals surface area contributed by atoms with Crippen LogP contribution in [0.3, 0.4) is 0 Å². The Labute approximate surface area is 151 Å². The predicted molar refractivity (Wildman–Crippen MR) is 95.2 cm³/mol. The van der Waals surface area contributed by atoms with Crippen LogP contribution in [0.1, 0.15) is 39.4 Å². The van der Waals surface area contributed by atoms with Crippen LogP contribution in [0.15, 0.2) is 67.1 Å². The number of para-hydroxylation sites is 1. The number of methoxy groups -OCH3 is 1. The molecule has 1 atom stereocenters. The Balaban J connectivity index is 1.87. The maximum Gasteiger partial charge on any atom is 0.362 e. The number of benzene rings is 2. The molecule has 0 aliphatic rings. The molecule has 0 unspecified atom stereocenters. The fourth-order valence-corrected chi connectivity index (χ4v) is 2.65. The monoisotopic (exact) mass is 350 g/mol. The first kappa shape index (κ1) is 17.4. The van der Waals surface area contributed by atoms with Crippen LogP contribution in [0.5, 0.6) is 5.75 Å². The van der Waals surface area contributed by atoms with E-state index >= 15 is 0 Å². The molecule has 0 bridgehead atoms. The number of rotatable bonds is 5. The molecule has 6 nitrogen and oxygen atoms in total. The number of aromatic nitrogens is 2. The van der Waals surface area contributed by atoms with Crippen molar-refractivity contribution in [2.45, 2.75) is 13.0 Å². The minimum absolute atomic E-state index is 0.0999.